The van der Waals surface area contributed by atoms with E-state index in [-0.39, 0.29) is 5.91 Å². The van der Waals surface area contributed by atoms with Crippen molar-refractivity contribution in [3.05, 3.63) is 35.4 Å². The van der Waals surface area contributed by atoms with Crippen LogP contribution in [0.15, 0.2) is 24.3 Å². The highest BCUT2D eigenvalue weighted by molar-refractivity contribution is 7.46. The van der Waals surface area contributed by atoms with Crippen molar-refractivity contribution in [1.29, 1.82) is 0 Å². The van der Waals surface area contributed by atoms with Crippen LogP contribution in [0.4, 0.5) is 0 Å². The molecular formula is C17H26NO5P. The molecule has 0 bridgehead atoms. The van der Waals surface area contributed by atoms with E-state index < -0.39 is 20.0 Å². The lowest BCUT2D eigenvalue weighted by Crippen LogP contribution is -2.34. The molecule has 0 spiro atoms. The van der Waals surface area contributed by atoms with Crippen molar-refractivity contribution in [2.24, 2.45) is 0 Å². The third kappa shape index (κ3) is 5.71. The maximum Gasteiger partial charge on any atom is 0.469 e. The minimum absolute atomic E-state index is 0.104. The van der Waals surface area contributed by atoms with Gasteiger partial charge in [0, 0.05) is 12.8 Å². The van der Waals surface area contributed by atoms with Crippen LogP contribution < -0.4 is 5.32 Å². The van der Waals surface area contributed by atoms with E-state index in [2.05, 4.69) is 12.2 Å². The molecule has 0 aliphatic heterocycles. The number of amides is 1. The van der Waals surface area contributed by atoms with Crippen LogP contribution in [0.25, 0.3) is 0 Å². The average Bonchev–Trinajstić information content (AvgIpc) is 2.83. The predicted molar refractivity (Wildman–Crippen MR) is 91.3 cm³/mol. The summed E-state index contributed by atoms with van der Waals surface area (Å²) < 4.78 is 16.1. The van der Waals surface area contributed by atoms with Crippen molar-refractivity contribution >= 4 is 13.7 Å². The van der Waals surface area contributed by atoms with Crippen molar-refractivity contribution in [3.8, 4) is 0 Å². The third-order valence-electron chi connectivity index (χ3n) is 4.28. The average molecular weight is 355 g/mol. The Morgan fingerprint density at radius 1 is 1.25 bits per heavy atom. The molecule has 1 aromatic rings. The summed E-state index contributed by atoms with van der Waals surface area (Å²) in [5, 5.41) is 2.89. The summed E-state index contributed by atoms with van der Waals surface area (Å²) in [6, 6.07) is 6.96. The van der Waals surface area contributed by atoms with E-state index in [0.29, 0.717) is 12.8 Å². The van der Waals surface area contributed by atoms with Crippen molar-refractivity contribution < 1.29 is 23.7 Å². The molecule has 0 radical (unpaired) electrons. The van der Waals surface area contributed by atoms with Crippen LogP contribution in [0.2, 0.25) is 0 Å². The van der Waals surface area contributed by atoms with Crippen molar-refractivity contribution in [2.75, 3.05) is 0 Å². The molecule has 0 fully saturated rings. The van der Waals surface area contributed by atoms with Gasteiger partial charge in [-0.15, -0.1) is 0 Å². The van der Waals surface area contributed by atoms with Crippen molar-refractivity contribution in [1.82, 2.24) is 5.32 Å². The number of unbranched alkanes of at least 4 members (excludes halogenated alkanes) is 4. The highest BCUT2D eigenvalue weighted by atomic mass is 31.2. The molecule has 3 N–H and O–H groups in total. The summed E-state index contributed by atoms with van der Waals surface area (Å²) in [7, 11) is -4.61. The fraction of sp³-hybridized carbons (Fsp3) is 0.588. The molecule has 0 aromatic heterocycles. The summed E-state index contributed by atoms with van der Waals surface area (Å²) in [5.41, 5.74) is 1.82. The monoisotopic (exact) mass is 355 g/mol. The fourth-order valence-electron chi connectivity index (χ4n) is 3.14. The fourth-order valence-corrected chi connectivity index (χ4v) is 3.69. The van der Waals surface area contributed by atoms with E-state index in [4.69, 9.17) is 14.3 Å². The lowest BCUT2D eigenvalue weighted by atomic mass is 10.1. The van der Waals surface area contributed by atoms with Crippen LogP contribution in [0.5, 0.6) is 0 Å². The number of rotatable bonds is 9. The first kappa shape index (κ1) is 19.1. The van der Waals surface area contributed by atoms with Crippen LogP contribution in [0.3, 0.4) is 0 Å². The van der Waals surface area contributed by atoms with Crippen LogP contribution >= 0.6 is 7.82 Å². The summed E-state index contributed by atoms with van der Waals surface area (Å²) in [5.74, 6) is -0.104. The summed E-state index contributed by atoms with van der Waals surface area (Å²) in [4.78, 5) is 30.4. The van der Waals surface area contributed by atoms with Crippen LogP contribution in [-0.2, 0) is 20.3 Å². The molecule has 24 heavy (non-hydrogen) atoms. The van der Waals surface area contributed by atoms with Gasteiger partial charge in [0.2, 0.25) is 5.91 Å². The number of phosphoric acid groups is 1. The Hall–Kier alpha value is -1.20. The second-order valence-electron chi connectivity index (χ2n) is 6.25. The number of hydrogen-bond donors (Lipinski definition) is 3. The molecule has 2 atom stereocenters. The standard InChI is InChI=1S/C17H26NO5P/c1-2-3-4-5-6-11-16(19)18-17-14-10-8-7-9-13(14)12-15(17)23-24(20,21)22/h7-10,15,17H,2-6,11-12H2,1H3,(H,18,19)(H2,20,21,22)/t15-,17-/m1/s1. The highest BCUT2D eigenvalue weighted by Crippen LogP contribution is 2.44. The molecule has 0 saturated carbocycles. The SMILES string of the molecule is CCCCCCCC(=O)N[C@@H]1c2ccccc2C[C@H]1OP(=O)(O)O. The molecule has 0 saturated heterocycles. The van der Waals surface area contributed by atoms with Gasteiger partial charge in [0.1, 0.15) is 0 Å². The van der Waals surface area contributed by atoms with Gasteiger partial charge in [-0.1, -0.05) is 56.9 Å². The molecule has 2 rings (SSSR count). The zero-order valence-electron chi connectivity index (χ0n) is 14.0. The normalized spacial score (nSPS) is 20.0. The Morgan fingerprint density at radius 2 is 1.96 bits per heavy atom. The smallest absolute Gasteiger partial charge is 0.347 e. The van der Waals surface area contributed by atoms with Gasteiger partial charge < -0.3 is 15.1 Å². The molecule has 6 nitrogen and oxygen atoms in total. The van der Waals surface area contributed by atoms with E-state index in [0.717, 1.165) is 36.8 Å². The quantitative estimate of drug-likeness (QED) is 0.467. The Labute approximate surface area is 142 Å². The van der Waals surface area contributed by atoms with Crippen LogP contribution in [0, 0.1) is 0 Å². The third-order valence-corrected chi connectivity index (χ3v) is 4.83. The maximum atomic E-state index is 12.2. The number of hydrogen-bond acceptors (Lipinski definition) is 3. The Morgan fingerprint density at radius 3 is 2.67 bits per heavy atom. The largest absolute Gasteiger partial charge is 0.469 e. The van der Waals surface area contributed by atoms with E-state index in [9.17, 15) is 9.36 Å². The maximum absolute atomic E-state index is 12.2. The van der Waals surface area contributed by atoms with Gasteiger partial charge in [-0.2, -0.15) is 0 Å². The number of nitrogens with one attached hydrogen (secondary N) is 1. The van der Waals surface area contributed by atoms with Gasteiger partial charge in [-0.25, -0.2) is 4.57 Å². The predicted octanol–water partition coefficient (Wildman–Crippen LogP) is 3.24. The molecular weight excluding hydrogens is 329 g/mol. The van der Waals surface area contributed by atoms with Gasteiger partial charge in [-0.05, 0) is 17.5 Å². The molecule has 7 heteroatoms. The lowest BCUT2D eigenvalue weighted by molar-refractivity contribution is -0.122. The van der Waals surface area contributed by atoms with E-state index in [1.54, 1.807) is 0 Å². The first-order chi connectivity index (χ1) is 11.4. The number of benzene rings is 1. The Balaban J connectivity index is 1.96. The van der Waals surface area contributed by atoms with E-state index in [1.165, 1.54) is 6.42 Å². The van der Waals surface area contributed by atoms with E-state index in [1.807, 2.05) is 24.3 Å². The number of phosphoric ester groups is 1. The van der Waals surface area contributed by atoms with Gasteiger partial charge >= 0.3 is 7.82 Å². The molecule has 0 unspecified atom stereocenters. The summed E-state index contributed by atoms with van der Waals surface area (Å²) >= 11 is 0. The molecule has 134 valence electrons. The first-order valence-corrected chi connectivity index (χ1v) is 10.0. The Kier molecular flexibility index (Phi) is 6.99. The second kappa shape index (κ2) is 8.77. The Bertz CT molecular complexity index is 600. The minimum Gasteiger partial charge on any atom is -0.347 e. The number of carbonyl (C=O) groups is 1. The molecule has 1 aliphatic rings. The summed E-state index contributed by atoms with van der Waals surface area (Å²) in [6.07, 6.45) is 5.36. The lowest BCUT2D eigenvalue weighted by Gasteiger charge is -2.22. The van der Waals surface area contributed by atoms with Gasteiger partial charge in [-0.3, -0.25) is 9.32 Å². The highest BCUT2D eigenvalue weighted by Gasteiger charge is 2.37. The van der Waals surface area contributed by atoms with Gasteiger partial charge in [0.25, 0.3) is 0 Å². The minimum atomic E-state index is -4.61. The topological polar surface area (TPSA) is 95.9 Å². The zero-order chi connectivity index (χ0) is 17.6. The zero-order valence-corrected chi connectivity index (χ0v) is 14.9. The molecule has 0 heterocycles. The number of carbonyl (C=O) groups excluding carboxylic acids is 1. The van der Waals surface area contributed by atoms with Crippen molar-refractivity contribution in [2.45, 2.75) is 64.0 Å². The van der Waals surface area contributed by atoms with E-state index >= 15 is 0 Å². The van der Waals surface area contributed by atoms with Gasteiger partial charge in [0.05, 0.1) is 12.1 Å². The molecule has 1 aliphatic carbocycles. The second-order valence-corrected chi connectivity index (χ2v) is 7.44. The first-order valence-electron chi connectivity index (χ1n) is 8.52. The van der Waals surface area contributed by atoms with Crippen molar-refractivity contribution in [3.63, 3.8) is 0 Å². The van der Waals surface area contributed by atoms with Crippen LogP contribution in [0.1, 0.15) is 62.6 Å². The molecule has 1 amide bonds. The van der Waals surface area contributed by atoms with Crippen LogP contribution in [-0.4, -0.2) is 21.8 Å². The number of fused-ring (bicyclic) bond motifs is 1. The van der Waals surface area contributed by atoms with Gasteiger partial charge in [0.15, 0.2) is 0 Å². The molecule has 1 aromatic carbocycles. The summed E-state index contributed by atoms with van der Waals surface area (Å²) in [6.45, 7) is 2.14.